The number of amides is 1. The van der Waals surface area contributed by atoms with E-state index in [0.717, 1.165) is 22.6 Å². The summed E-state index contributed by atoms with van der Waals surface area (Å²) >= 11 is 7.06. The Labute approximate surface area is 143 Å². The topological polar surface area (TPSA) is 32.7 Å². The van der Waals surface area contributed by atoms with Crippen molar-refractivity contribution in [1.82, 2.24) is 5.01 Å². The number of halogens is 2. The van der Waals surface area contributed by atoms with Gasteiger partial charge >= 0.3 is 0 Å². The zero-order valence-corrected chi connectivity index (χ0v) is 13.8. The molecule has 6 heteroatoms. The molecule has 2 aromatic rings. The predicted molar refractivity (Wildman–Crippen MR) is 91.4 cm³/mol. The lowest BCUT2D eigenvalue weighted by Gasteiger charge is -2.11. The molecule has 0 spiro atoms. The van der Waals surface area contributed by atoms with Crippen molar-refractivity contribution in [3.63, 3.8) is 0 Å². The van der Waals surface area contributed by atoms with E-state index < -0.39 is 5.82 Å². The first-order valence-electron chi connectivity index (χ1n) is 7.14. The van der Waals surface area contributed by atoms with Crippen molar-refractivity contribution in [3.05, 3.63) is 64.9 Å². The van der Waals surface area contributed by atoms with Crippen molar-refractivity contribution in [2.75, 3.05) is 12.3 Å². The van der Waals surface area contributed by atoms with E-state index in [9.17, 15) is 9.18 Å². The molecule has 3 rings (SSSR count). The van der Waals surface area contributed by atoms with Gasteiger partial charge in [0.1, 0.15) is 5.82 Å². The van der Waals surface area contributed by atoms with Crippen LogP contribution in [0, 0.1) is 5.82 Å². The van der Waals surface area contributed by atoms with E-state index in [4.69, 9.17) is 11.6 Å². The van der Waals surface area contributed by atoms with Crippen molar-refractivity contribution >= 4 is 35.0 Å². The summed E-state index contributed by atoms with van der Waals surface area (Å²) < 4.78 is 13.1. The second kappa shape index (κ2) is 7.15. The second-order valence-electron chi connectivity index (χ2n) is 5.04. The standard InChI is InChI=1S/C17H14ClFN2OS/c18-14-10-13(6-7-15(14)19)23-11-17(22)21-9-8-16(20-21)12-4-2-1-3-5-12/h1-7,10H,8-9,11H2. The van der Waals surface area contributed by atoms with Gasteiger partial charge in [-0.3, -0.25) is 4.79 Å². The molecule has 0 aliphatic carbocycles. The van der Waals surface area contributed by atoms with Crippen LogP contribution < -0.4 is 0 Å². The van der Waals surface area contributed by atoms with Crippen molar-refractivity contribution in [3.8, 4) is 0 Å². The zero-order valence-electron chi connectivity index (χ0n) is 12.2. The zero-order chi connectivity index (χ0) is 16.2. The van der Waals surface area contributed by atoms with Crippen LogP contribution in [0.5, 0.6) is 0 Å². The van der Waals surface area contributed by atoms with Crippen molar-refractivity contribution < 1.29 is 9.18 Å². The van der Waals surface area contributed by atoms with Gasteiger partial charge in [-0.1, -0.05) is 41.9 Å². The molecule has 0 saturated carbocycles. The Morgan fingerprint density at radius 1 is 1.26 bits per heavy atom. The maximum absolute atomic E-state index is 13.1. The Balaban J connectivity index is 1.61. The van der Waals surface area contributed by atoms with Gasteiger partial charge in [0.25, 0.3) is 5.91 Å². The number of carbonyl (C=O) groups excluding carboxylic acids is 1. The SMILES string of the molecule is O=C(CSc1ccc(F)c(Cl)c1)N1CCC(c2ccccc2)=N1. The van der Waals surface area contributed by atoms with E-state index in [2.05, 4.69) is 5.10 Å². The molecular formula is C17H14ClFN2OS. The lowest BCUT2D eigenvalue weighted by molar-refractivity contribution is -0.127. The maximum Gasteiger partial charge on any atom is 0.253 e. The predicted octanol–water partition coefficient (Wildman–Crippen LogP) is 4.21. The molecule has 0 saturated heterocycles. The van der Waals surface area contributed by atoms with Crippen molar-refractivity contribution in [2.45, 2.75) is 11.3 Å². The first-order valence-corrected chi connectivity index (χ1v) is 8.51. The van der Waals surface area contributed by atoms with Crippen LogP contribution in [0.2, 0.25) is 5.02 Å². The first kappa shape index (κ1) is 16.0. The average molecular weight is 349 g/mol. The number of benzene rings is 2. The van der Waals surface area contributed by atoms with Gasteiger partial charge in [0.15, 0.2) is 0 Å². The smallest absolute Gasteiger partial charge is 0.253 e. The lowest BCUT2D eigenvalue weighted by Crippen LogP contribution is -2.25. The highest BCUT2D eigenvalue weighted by molar-refractivity contribution is 8.00. The summed E-state index contributed by atoms with van der Waals surface area (Å²) in [6, 6.07) is 14.3. The highest BCUT2D eigenvalue weighted by Gasteiger charge is 2.21. The summed E-state index contributed by atoms with van der Waals surface area (Å²) in [5.74, 6) is -0.284. The molecule has 118 valence electrons. The van der Waals surface area contributed by atoms with Crippen LogP contribution in [-0.2, 0) is 4.79 Å². The molecule has 0 fully saturated rings. The van der Waals surface area contributed by atoms with E-state index in [1.54, 1.807) is 6.07 Å². The highest BCUT2D eigenvalue weighted by Crippen LogP contribution is 2.25. The Morgan fingerprint density at radius 3 is 2.78 bits per heavy atom. The van der Waals surface area contributed by atoms with Crippen LogP contribution in [0.25, 0.3) is 0 Å². The number of carbonyl (C=O) groups is 1. The van der Waals surface area contributed by atoms with Crippen LogP contribution in [0.4, 0.5) is 4.39 Å². The maximum atomic E-state index is 13.1. The summed E-state index contributed by atoms with van der Waals surface area (Å²) in [6.07, 6.45) is 0.753. The van der Waals surface area contributed by atoms with Crippen LogP contribution in [0.15, 0.2) is 58.5 Å². The van der Waals surface area contributed by atoms with E-state index in [-0.39, 0.29) is 16.7 Å². The fourth-order valence-electron chi connectivity index (χ4n) is 2.26. The molecule has 0 atom stereocenters. The van der Waals surface area contributed by atoms with Gasteiger partial charge in [-0.25, -0.2) is 9.40 Å². The van der Waals surface area contributed by atoms with Crippen molar-refractivity contribution in [1.29, 1.82) is 0 Å². The molecule has 1 aliphatic rings. The molecule has 0 unspecified atom stereocenters. The molecule has 0 radical (unpaired) electrons. The third-order valence-corrected chi connectivity index (χ3v) is 4.72. The number of hydrogen-bond donors (Lipinski definition) is 0. The Morgan fingerprint density at radius 2 is 2.04 bits per heavy atom. The fraction of sp³-hybridized carbons (Fsp3) is 0.176. The van der Waals surface area contributed by atoms with Gasteiger partial charge in [0, 0.05) is 11.3 Å². The monoisotopic (exact) mass is 348 g/mol. The number of hydrogen-bond acceptors (Lipinski definition) is 3. The van der Waals surface area contributed by atoms with Crippen molar-refractivity contribution in [2.24, 2.45) is 5.10 Å². The summed E-state index contributed by atoms with van der Waals surface area (Å²) in [5, 5.41) is 5.97. The van der Waals surface area contributed by atoms with Gasteiger partial charge in [0.05, 0.1) is 23.0 Å². The van der Waals surface area contributed by atoms with Gasteiger partial charge in [-0.15, -0.1) is 11.8 Å². The summed E-state index contributed by atoms with van der Waals surface area (Å²) in [6.45, 7) is 0.591. The molecule has 1 heterocycles. The van der Waals surface area contributed by atoms with E-state index in [1.807, 2.05) is 30.3 Å². The minimum Gasteiger partial charge on any atom is -0.272 e. The summed E-state index contributed by atoms with van der Waals surface area (Å²) in [4.78, 5) is 13.0. The van der Waals surface area contributed by atoms with Crippen LogP contribution in [0.1, 0.15) is 12.0 Å². The molecule has 0 aromatic heterocycles. The number of nitrogens with zero attached hydrogens (tertiary/aromatic N) is 2. The first-order chi connectivity index (χ1) is 11.1. The minimum atomic E-state index is -0.459. The largest absolute Gasteiger partial charge is 0.272 e. The lowest BCUT2D eigenvalue weighted by atomic mass is 10.1. The minimum absolute atomic E-state index is 0.0630. The van der Waals surface area contributed by atoms with E-state index >= 15 is 0 Å². The molecule has 0 N–H and O–H groups in total. The fourth-order valence-corrected chi connectivity index (χ4v) is 3.31. The molecule has 1 aliphatic heterocycles. The number of hydrazone groups is 1. The summed E-state index contributed by atoms with van der Waals surface area (Å²) in [7, 11) is 0. The molecule has 1 amide bonds. The molecular weight excluding hydrogens is 335 g/mol. The quantitative estimate of drug-likeness (QED) is 0.775. The van der Waals surface area contributed by atoms with Crippen LogP contribution in [0.3, 0.4) is 0 Å². The molecule has 2 aromatic carbocycles. The molecule has 23 heavy (non-hydrogen) atoms. The Bertz CT molecular complexity index is 752. The Kier molecular flexibility index (Phi) is 4.98. The van der Waals surface area contributed by atoms with Gasteiger partial charge in [-0.05, 0) is 23.8 Å². The van der Waals surface area contributed by atoms with E-state index in [1.165, 1.54) is 28.9 Å². The van der Waals surface area contributed by atoms with Gasteiger partial charge < -0.3 is 0 Å². The average Bonchev–Trinajstić information content (AvgIpc) is 3.06. The van der Waals surface area contributed by atoms with Gasteiger partial charge in [-0.2, -0.15) is 5.10 Å². The molecule has 0 bridgehead atoms. The number of thioether (sulfide) groups is 1. The summed E-state index contributed by atoms with van der Waals surface area (Å²) in [5.41, 5.74) is 1.97. The van der Waals surface area contributed by atoms with Crippen LogP contribution >= 0.6 is 23.4 Å². The second-order valence-corrected chi connectivity index (χ2v) is 6.50. The number of rotatable bonds is 4. The van der Waals surface area contributed by atoms with E-state index in [0.29, 0.717) is 6.54 Å². The third kappa shape index (κ3) is 3.92. The molecule has 3 nitrogen and oxygen atoms in total. The Hall–Kier alpha value is -1.85. The van der Waals surface area contributed by atoms with Gasteiger partial charge in [0.2, 0.25) is 0 Å². The van der Waals surface area contributed by atoms with Crippen LogP contribution in [-0.4, -0.2) is 28.9 Å². The third-order valence-electron chi connectivity index (χ3n) is 3.45. The normalized spacial score (nSPS) is 14.0. The highest BCUT2D eigenvalue weighted by atomic mass is 35.5.